The Labute approximate surface area is 230 Å². The van der Waals surface area contributed by atoms with Gasteiger partial charge in [-0.25, -0.2) is 0 Å². The summed E-state index contributed by atoms with van der Waals surface area (Å²) in [5.74, 6) is 3.48. The number of ether oxygens (including phenoxy) is 1. The van der Waals surface area contributed by atoms with Gasteiger partial charge in [0, 0.05) is 19.3 Å². The highest BCUT2D eigenvalue weighted by molar-refractivity contribution is 5.87. The smallest absolute Gasteiger partial charge is 0.318 e. The van der Waals surface area contributed by atoms with E-state index in [4.69, 9.17) is 17.6 Å². The van der Waals surface area contributed by atoms with Crippen LogP contribution in [0.4, 0.5) is 0 Å². The molecule has 1 aliphatic carbocycles. The van der Waals surface area contributed by atoms with Crippen LogP contribution in [0.25, 0.3) is 0 Å². The average Bonchev–Trinajstić information content (AvgIpc) is 3.24. The lowest BCUT2D eigenvalue weighted by Crippen LogP contribution is -2.20. The summed E-state index contributed by atoms with van der Waals surface area (Å²) in [6.07, 6.45) is 30.4. The van der Waals surface area contributed by atoms with E-state index >= 15 is 0 Å². The van der Waals surface area contributed by atoms with Gasteiger partial charge >= 0.3 is 11.9 Å². The molecular weight excluding hydrogens is 476 g/mol. The zero-order valence-corrected chi connectivity index (χ0v) is 23.0. The summed E-state index contributed by atoms with van der Waals surface area (Å²) in [4.78, 5) is 23.9. The molecule has 0 aliphatic heterocycles. The molecule has 4 atom stereocenters. The maximum atomic E-state index is 12.0. The molecule has 0 aromatic carbocycles. The van der Waals surface area contributed by atoms with Gasteiger partial charge in [0.15, 0.2) is 0 Å². The van der Waals surface area contributed by atoms with E-state index in [1.807, 2.05) is 25.2 Å². The zero-order chi connectivity index (χ0) is 28.2. The summed E-state index contributed by atoms with van der Waals surface area (Å²) >= 11 is 0. The molecule has 208 valence electrons. The van der Waals surface area contributed by atoms with Crippen molar-refractivity contribution in [1.82, 2.24) is 0 Å². The molecule has 0 saturated heterocycles. The van der Waals surface area contributed by atoms with Crippen LogP contribution in [0.1, 0.15) is 90.4 Å². The molecule has 1 saturated carbocycles. The number of terminal acetylenes is 2. The third kappa shape index (κ3) is 14.2. The molecule has 0 aromatic heterocycles. The Bertz CT molecular complexity index is 881. The van der Waals surface area contributed by atoms with Crippen molar-refractivity contribution in [2.75, 3.05) is 0 Å². The molecule has 0 radical (unpaired) electrons. The Morgan fingerprint density at radius 3 is 2.50 bits per heavy atom. The van der Waals surface area contributed by atoms with E-state index in [-0.39, 0.29) is 37.4 Å². The van der Waals surface area contributed by atoms with Crippen LogP contribution in [0.3, 0.4) is 0 Å². The Kier molecular flexibility index (Phi) is 17.6. The summed E-state index contributed by atoms with van der Waals surface area (Å²) in [5.41, 5.74) is 1.03. The molecule has 1 fully saturated rings. The minimum atomic E-state index is -0.658. The molecule has 1 aliphatic rings. The van der Waals surface area contributed by atoms with E-state index < -0.39 is 17.9 Å². The summed E-state index contributed by atoms with van der Waals surface area (Å²) in [5, 5.41) is 20.9. The van der Waals surface area contributed by atoms with E-state index in [9.17, 15) is 19.8 Å². The highest BCUT2D eigenvalue weighted by Gasteiger charge is 2.33. The molecule has 1 rings (SSSR count). The quantitative estimate of drug-likeness (QED) is 0.0557. The predicted octanol–water partition coefficient (Wildman–Crippen LogP) is 6.22. The van der Waals surface area contributed by atoms with Crippen LogP contribution < -0.4 is 0 Å². The van der Waals surface area contributed by atoms with Gasteiger partial charge in [-0.2, -0.15) is 0 Å². The first-order valence-electron chi connectivity index (χ1n) is 13.9. The second-order valence-electron chi connectivity index (χ2n) is 10.1. The molecular formula is C33H46O5. The number of allylic oxidation sites excluding steroid dienone is 7. The van der Waals surface area contributed by atoms with Crippen LogP contribution in [-0.2, 0) is 14.3 Å². The van der Waals surface area contributed by atoms with Crippen LogP contribution in [0.2, 0.25) is 0 Å². The fourth-order valence-corrected chi connectivity index (χ4v) is 4.78. The van der Waals surface area contributed by atoms with Gasteiger partial charge in [0.05, 0.1) is 18.1 Å². The second kappa shape index (κ2) is 20.1. The molecule has 0 aromatic rings. The number of carbonyl (C=O) groups excluding carboxylic acids is 2. The highest BCUT2D eigenvalue weighted by atomic mass is 16.6. The van der Waals surface area contributed by atoms with Crippen LogP contribution in [0, 0.1) is 42.4 Å². The third-order valence-corrected chi connectivity index (χ3v) is 7.07. The van der Waals surface area contributed by atoms with Gasteiger partial charge in [-0.05, 0) is 83.0 Å². The van der Waals surface area contributed by atoms with Gasteiger partial charge in [0.1, 0.15) is 0 Å². The normalized spacial score (nSPS) is 20.2. The highest BCUT2D eigenvalue weighted by Crippen LogP contribution is 2.38. The second-order valence-corrected chi connectivity index (χ2v) is 10.1. The molecule has 0 amide bonds. The number of unbranched alkanes of at least 4 members (excludes halogenated alkanes) is 1. The monoisotopic (exact) mass is 522 g/mol. The maximum absolute atomic E-state index is 12.0. The standard InChI is InChI=1S/C33H46O5/c1-5-8-9-12-17-26(4)20-23-29(34)24-21-27-22-25-31(35)30(27)18-13-10-11-14-19-32(36)38-33(37)28(15-6-2)16-7-3/h2-3,5,8,10,12-13,17,27-31,34-35H,4,9,11,14-16,18-25H2,1H3. The van der Waals surface area contributed by atoms with Gasteiger partial charge in [-0.3, -0.25) is 9.59 Å². The Morgan fingerprint density at radius 1 is 1.08 bits per heavy atom. The number of esters is 2. The van der Waals surface area contributed by atoms with Gasteiger partial charge in [0.2, 0.25) is 0 Å². The molecule has 0 spiro atoms. The van der Waals surface area contributed by atoms with Crippen LogP contribution >= 0.6 is 0 Å². The lowest BCUT2D eigenvalue weighted by molar-refractivity contribution is -0.162. The largest absolute Gasteiger partial charge is 0.393 e. The molecule has 5 nitrogen and oxygen atoms in total. The first-order chi connectivity index (χ1) is 18.3. The molecule has 2 N–H and O–H groups in total. The number of carbonyl (C=O) groups is 2. The topological polar surface area (TPSA) is 83.8 Å². The van der Waals surface area contributed by atoms with Crippen molar-refractivity contribution in [2.45, 2.75) is 103 Å². The number of hydrogen-bond acceptors (Lipinski definition) is 5. The van der Waals surface area contributed by atoms with Gasteiger partial charge < -0.3 is 14.9 Å². The summed E-state index contributed by atoms with van der Waals surface area (Å²) in [6.45, 7) is 6.06. The van der Waals surface area contributed by atoms with Crippen LogP contribution in [-0.4, -0.2) is 34.4 Å². The van der Waals surface area contributed by atoms with Crippen molar-refractivity contribution in [3.8, 4) is 24.7 Å². The van der Waals surface area contributed by atoms with Crippen molar-refractivity contribution >= 4 is 11.9 Å². The fourth-order valence-electron chi connectivity index (χ4n) is 4.78. The number of aliphatic hydroxyl groups is 2. The number of rotatable bonds is 18. The molecule has 0 bridgehead atoms. The Hall–Kier alpha value is -2.86. The van der Waals surface area contributed by atoms with Crippen molar-refractivity contribution in [1.29, 1.82) is 0 Å². The Balaban J connectivity index is 2.31. The van der Waals surface area contributed by atoms with Gasteiger partial charge in [0.25, 0.3) is 0 Å². The first kappa shape index (κ1) is 33.2. The number of aliphatic hydroxyl groups excluding tert-OH is 2. The van der Waals surface area contributed by atoms with Gasteiger partial charge in [-0.1, -0.05) is 48.6 Å². The number of hydrogen-bond donors (Lipinski definition) is 2. The van der Waals surface area contributed by atoms with Crippen LogP contribution in [0.5, 0.6) is 0 Å². The molecule has 5 heteroatoms. The van der Waals surface area contributed by atoms with Gasteiger partial charge in [-0.15, -0.1) is 24.7 Å². The molecule has 4 unspecified atom stereocenters. The third-order valence-electron chi connectivity index (χ3n) is 7.07. The van der Waals surface area contributed by atoms with E-state index in [0.29, 0.717) is 25.2 Å². The lowest BCUT2D eigenvalue weighted by Gasteiger charge is -2.22. The van der Waals surface area contributed by atoms with Crippen molar-refractivity contribution in [2.24, 2.45) is 17.8 Å². The molecule has 38 heavy (non-hydrogen) atoms. The maximum Gasteiger partial charge on any atom is 0.318 e. The van der Waals surface area contributed by atoms with Crippen molar-refractivity contribution in [3.05, 3.63) is 48.6 Å². The van der Waals surface area contributed by atoms with E-state index in [0.717, 1.165) is 50.5 Å². The summed E-state index contributed by atoms with van der Waals surface area (Å²) < 4.78 is 4.88. The minimum absolute atomic E-state index is 0.138. The van der Waals surface area contributed by atoms with E-state index in [1.54, 1.807) is 0 Å². The summed E-state index contributed by atoms with van der Waals surface area (Å²) in [7, 11) is 0. The predicted molar refractivity (Wildman–Crippen MR) is 154 cm³/mol. The van der Waals surface area contributed by atoms with Crippen molar-refractivity contribution < 1.29 is 24.5 Å². The SMILES string of the molecule is C#CCC(CC#C)C(=O)OC(=O)CCCC=CCC1C(O)CCC1CCC(O)CCC(=C)C=CCC=CC. The summed E-state index contributed by atoms with van der Waals surface area (Å²) in [6, 6.07) is 0. The van der Waals surface area contributed by atoms with Crippen LogP contribution in [0.15, 0.2) is 48.6 Å². The minimum Gasteiger partial charge on any atom is -0.393 e. The Morgan fingerprint density at radius 2 is 1.82 bits per heavy atom. The lowest BCUT2D eigenvalue weighted by atomic mass is 9.86. The average molecular weight is 523 g/mol. The first-order valence-corrected chi connectivity index (χ1v) is 13.9. The van der Waals surface area contributed by atoms with E-state index in [2.05, 4.69) is 36.6 Å². The fraction of sp³-hybridized carbons (Fsp3) is 0.576. The zero-order valence-electron chi connectivity index (χ0n) is 23.0. The van der Waals surface area contributed by atoms with E-state index in [1.165, 1.54) is 0 Å². The molecule has 0 heterocycles. The van der Waals surface area contributed by atoms with Crippen molar-refractivity contribution in [3.63, 3.8) is 0 Å².